The number of anilines is 1. The van der Waals surface area contributed by atoms with Crippen LogP contribution in [0.3, 0.4) is 0 Å². The molecule has 1 aromatic heterocycles. The van der Waals surface area contributed by atoms with E-state index in [-0.39, 0.29) is 11.3 Å². The van der Waals surface area contributed by atoms with Gasteiger partial charge in [-0.3, -0.25) is 9.59 Å². The monoisotopic (exact) mass is 465 g/mol. The van der Waals surface area contributed by atoms with Crippen molar-refractivity contribution in [3.63, 3.8) is 0 Å². The molecule has 0 atom stereocenters. The molecular weight excluding hydrogens is 441 g/mol. The summed E-state index contributed by atoms with van der Waals surface area (Å²) >= 11 is 0. The molecule has 2 amide bonds. The zero-order valence-electron chi connectivity index (χ0n) is 19.0. The number of furan rings is 1. The highest BCUT2D eigenvalue weighted by atomic mass is 19.1. The number of hydrogen-bond acceptors (Lipinski definition) is 6. The summed E-state index contributed by atoms with van der Waals surface area (Å²) in [5.41, 5.74) is 5.22. The second kappa shape index (κ2) is 9.78. The van der Waals surface area contributed by atoms with Crippen molar-refractivity contribution >= 4 is 23.2 Å². The Morgan fingerprint density at radius 2 is 1.79 bits per heavy atom. The smallest absolute Gasteiger partial charge is 0.291 e. The number of rotatable bonds is 6. The minimum absolute atomic E-state index is 0.161. The third kappa shape index (κ3) is 4.63. The average Bonchev–Trinajstić information content (AvgIpc) is 3.20. The van der Waals surface area contributed by atoms with Gasteiger partial charge in [0.2, 0.25) is 0 Å². The number of hydrogen-bond donors (Lipinski definition) is 2. The van der Waals surface area contributed by atoms with E-state index in [1.807, 2.05) is 0 Å². The number of nitrogens with one attached hydrogen (secondary N) is 2. The van der Waals surface area contributed by atoms with E-state index in [9.17, 15) is 14.0 Å². The summed E-state index contributed by atoms with van der Waals surface area (Å²) in [5, 5.41) is 7.10. The molecule has 0 saturated heterocycles. The Morgan fingerprint density at radius 3 is 2.50 bits per heavy atom. The topological polar surface area (TPSA) is 102 Å². The van der Waals surface area contributed by atoms with E-state index < -0.39 is 17.6 Å². The van der Waals surface area contributed by atoms with E-state index in [0.717, 1.165) is 6.42 Å². The number of halogens is 1. The quantitative estimate of drug-likeness (QED) is 0.523. The Hall–Kier alpha value is -4.14. The number of nitrogens with zero attached hydrogens (tertiary/aromatic N) is 1. The van der Waals surface area contributed by atoms with Crippen molar-refractivity contribution in [2.45, 2.75) is 26.2 Å². The van der Waals surface area contributed by atoms with Crippen LogP contribution in [0.25, 0.3) is 0 Å². The van der Waals surface area contributed by atoms with Gasteiger partial charge in [-0.1, -0.05) is 0 Å². The molecule has 0 unspecified atom stereocenters. The fourth-order valence-corrected chi connectivity index (χ4v) is 3.87. The summed E-state index contributed by atoms with van der Waals surface area (Å²) in [6.07, 6.45) is 2.02. The van der Waals surface area contributed by atoms with Crippen LogP contribution in [0.5, 0.6) is 11.5 Å². The van der Waals surface area contributed by atoms with Crippen molar-refractivity contribution in [2.75, 3.05) is 19.5 Å². The maximum Gasteiger partial charge on any atom is 0.291 e. The molecule has 8 nitrogen and oxygen atoms in total. The molecule has 34 heavy (non-hydrogen) atoms. The number of aryl methyl sites for hydroxylation is 1. The summed E-state index contributed by atoms with van der Waals surface area (Å²) < 4.78 is 29.6. The molecule has 0 fully saturated rings. The number of ether oxygens (including phenoxy) is 2. The van der Waals surface area contributed by atoms with Gasteiger partial charge in [-0.05, 0) is 56.2 Å². The van der Waals surface area contributed by atoms with E-state index in [1.165, 1.54) is 38.5 Å². The molecule has 0 bridgehead atoms. The molecule has 1 aliphatic carbocycles. The molecule has 4 rings (SSSR count). The Bertz CT molecular complexity index is 1260. The summed E-state index contributed by atoms with van der Waals surface area (Å²) in [6, 6.07) is 10.3. The summed E-state index contributed by atoms with van der Waals surface area (Å²) in [7, 11) is 3.05. The lowest BCUT2D eigenvalue weighted by molar-refractivity contribution is 0.0953. The maximum atomic E-state index is 13.1. The van der Waals surface area contributed by atoms with Crippen LogP contribution in [0.1, 0.15) is 50.6 Å². The van der Waals surface area contributed by atoms with Gasteiger partial charge in [0, 0.05) is 29.2 Å². The van der Waals surface area contributed by atoms with Crippen molar-refractivity contribution in [3.8, 4) is 11.5 Å². The molecule has 0 saturated carbocycles. The van der Waals surface area contributed by atoms with Gasteiger partial charge in [-0.15, -0.1) is 0 Å². The summed E-state index contributed by atoms with van der Waals surface area (Å²) in [5.74, 6) is 0.533. The van der Waals surface area contributed by atoms with Gasteiger partial charge in [0.25, 0.3) is 11.8 Å². The third-order valence-electron chi connectivity index (χ3n) is 5.59. The van der Waals surface area contributed by atoms with Crippen LogP contribution in [0, 0.1) is 12.7 Å². The highest BCUT2D eigenvalue weighted by molar-refractivity contribution is 6.10. The highest BCUT2D eigenvalue weighted by Crippen LogP contribution is 2.32. The molecule has 1 aliphatic rings. The first-order valence-electron chi connectivity index (χ1n) is 10.7. The first-order chi connectivity index (χ1) is 16.4. The van der Waals surface area contributed by atoms with Crippen LogP contribution < -0.4 is 20.2 Å². The average molecular weight is 465 g/mol. The molecule has 9 heteroatoms. The molecule has 2 aromatic carbocycles. The number of carbonyl (C=O) groups is 2. The first kappa shape index (κ1) is 23.0. The van der Waals surface area contributed by atoms with E-state index in [4.69, 9.17) is 13.9 Å². The second-order valence-electron chi connectivity index (χ2n) is 7.73. The van der Waals surface area contributed by atoms with E-state index >= 15 is 0 Å². The lowest BCUT2D eigenvalue weighted by Crippen LogP contribution is -2.22. The Morgan fingerprint density at radius 1 is 1.03 bits per heavy atom. The van der Waals surface area contributed by atoms with Crippen LogP contribution in [0.15, 0.2) is 52.0 Å². The normalized spacial score (nSPS) is 13.8. The van der Waals surface area contributed by atoms with E-state index in [2.05, 4.69) is 15.8 Å². The number of hydrazone groups is 1. The predicted molar refractivity (Wildman–Crippen MR) is 124 cm³/mol. The van der Waals surface area contributed by atoms with Crippen LogP contribution in [0.4, 0.5) is 10.1 Å². The van der Waals surface area contributed by atoms with Gasteiger partial charge >= 0.3 is 0 Å². The van der Waals surface area contributed by atoms with Crippen molar-refractivity contribution < 1.29 is 27.9 Å². The fraction of sp³-hybridized carbons (Fsp3) is 0.240. The number of benzene rings is 2. The van der Waals surface area contributed by atoms with Gasteiger partial charge in [-0.2, -0.15) is 5.10 Å². The molecule has 0 radical (unpaired) electrons. The number of carbonyl (C=O) groups excluding carboxylic acids is 2. The maximum absolute atomic E-state index is 13.1. The van der Waals surface area contributed by atoms with Crippen LogP contribution in [0.2, 0.25) is 0 Å². The molecular formula is C25H24FN3O5. The van der Waals surface area contributed by atoms with E-state index in [0.29, 0.717) is 52.6 Å². The van der Waals surface area contributed by atoms with Gasteiger partial charge in [0.05, 0.1) is 25.6 Å². The number of fused-ring (bicyclic) bond motifs is 1. The van der Waals surface area contributed by atoms with Gasteiger partial charge in [0.1, 0.15) is 23.1 Å². The minimum atomic E-state index is -0.455. The Kier molecular flexibility index (Phi) is 6.62. The third-order valence-corrected chi connectivity index (χ3v) is 5.59. The van der Waals surface area contributed by atoms with Crippen molar-refractivity contribution in [1.29, 1.82) is 0 Å². The van der Waals surface area contributed by atoms with Crippen molar-refractivity contribution in [2.24, 2.45) is 5.10 Å². The van der Waals surface area contributed by atoms with Gasteiger partial charge in [-0.25, -0.2) is 9.82 Å². The highest BCUT2D eigenvalue weighted by Gasteiger charge is 2.28. The Labute approximate surface area is 195 Å². The second-order valence-corrected chi connectivity index (χ2v) is 7.73. The number of amides is 2. The fourth-order valence-electron chi connectivity index (χ4n) is 3.87. The summed E-state index contributed by atoms with van der Waals surface area (Å²) in [6.45, 7) is 1.78. The largest absolute Gasteiger partial charge is 0.497 e. The summed E-state index contributed by atoms with van der Waals surface area (Å²) in [4.78, 5) is 25.4. The standard InChI is InChI=1S/C25H24FN3O5/c1-14-22-18(28-29-24(30)15-7-9-16(26)10-8-15)5-4-6-21(22)34-23(14)25(31)27-19-13-17(32-2)11-12-20(19)33-3/h7-13H,4-6H2,1-3H3,(H,27,31)(H,29,30)/b28-18+. The molecule has 176 valence electrons. The Balaban J connectivity index is 1.58. The van der Waals surface area contributed by atoms with Crippen LogP contribution >= 0.6 is 0 Å². The van der Waals surface area contributed by atoms with Crippen molar-refractivity contribution in [1.82, 2.24) is 5.43 Å². The zero-order chi connectivity index (χ0) is 24.2. The number of methoxy groups -OCH3 is 2. The van der Waals surface area contributed by atoms with Gasteiger partial charge < -0.3 is 19.2 Å². The lowest BCUT2D eigenvalue weighted by Gasteiger charge is -2.13. The van der Waals surface area contributed by atoms with Crippen LogP contribution in [-0.4, -0.2) is 31.7 Å². The molecule has 2 N–H and O–H groups in total. The first-order valence-corrected chi connectivity index (χ1v) is 10.7. The molecule has 0 spiro atoms. The lowest BCUT2D eigenvalue weighted by atomic mass is 9.93. The van der Waals surface area contributed by atoms with Gasteiger partial charge in [0.15, 0.2) is 5.76 Å². The molecule has 1 heterocycles. The van der Waals surface area contributed by atoms with Crippen molar-refractivity contribution in [3.05, 3.63) is 76.5 Å². The minimum Gasteiger partial charge on any atom is -0.497 e. The molecule has 3 aromatic rings. The zero-order valence-corrected chi connectivity index (χ0v) is 19.0. The van der Waals surface area contributed by atoms with Crippen LogP contribution in [-0.2, 0) is 6.42 Å². The van der Waals surface area contributed by atoms with E-state index in [1.54, 1.807) is 25.1 Å². The molecule has 0 aliphatic heterocycles. The SMILES string of the molecule is COc1ccc(OC)c(NC(=O)c2oc3c(c2C)/C(=N/NC(=O)c2ccc(F)cc2)CCC3)c1. The predicted octanol–water partition coefficient (Wildman–Crippen LogP) is 4.47.